The van der Waals surface area contributed by atoms with Crippen LogP contribution in [0.25, 0.3) is 0 Å². The second kappa shape index (κ2) is 8.73. The monoisotopic (exact) mass is 377 g/mol. The van der Waals surface area contributed by atoms with Crippen LogP contribution in [0.5, 0.6) is 17.2 Å². The summed E-state index contributed by atoms with van der Waals surface area (Å²) in [6, 6.07) is 20.2. The van der Waals surface area contributed by atoms with Crippen molar-refractivity contribution in [3.8, 4) is 17.2 Å². The van der Waals surface area contributed by atoms with E-state index in [-0.39, 0.29) is 5.91 Å². The first-order chi connectivity index (χ1) is 13.6. The number of amides is 1. The predicted molar refractivity (Wildman–Crippen MR) is 105 cm³/mol. The minimum atomic E-state index is -0.496. The third-order valence-corrected chi connectivity index (χ3v) is 3.98. The quantitative estimate of drug-likeness (QED) is 0.515. The minimum absolute atomic E-state index is 0.293. The molecule has 6 nitrogen and oxygen atoms in total. The summed E-state index contributed by atoms with van der Waals surface area (Å²) >= 11 is 0. The summed E-state index contributed by atoms with van der Waals surface area (Å²) in [5.74, 6) is 0.638. The summed E-state index contributed by atoms with van der Waals surface area (Å²) in [4.78, 5) is 24.7. The fourth-order valence-electron chi connectivity index (χ4n) is 2.55. The van der Waals surface area contributed by atoms with E-state index < -0.39 is 5.97 Å². The number of methoxy groups -OCH3 is 2. The largest absolute Gasteiger partial charge is 0.497 e. The average molecular weight is 377 g/mol. The van der Waals surface area contributed by atoms with Crippen LogP contribution < -0.4 is 19.5 Å². The molecule has 0 bridgehead atoms. The molecule has 0 unspecified atom stereocenters. The highest BCUT2D eigenvalue weighted by Gasteiger charge is 2.13. The molecule has 6 heteroatoms. The minimum Gasteiger partial charge on any atom is -0.497 e. The summed E-state index contributed by atoms with van der Waals surface area (Å²) in [5, 5.41) is 2.78. The van der Waals surface area contributed by atoms with Gasteiger partial charge in [0.05, 0.1) is 25.3 Å². The number of hydrogen-bond donors (Lipinski definition) is 1. The van der Waals surface area contributed by atoms with Crippen molar-refractivity contribution in [1.29, 1.82) is 0 Å². The first kappa shape index (κ1) is 19.0. The Hall–Kier alpha value is -3.80. The number of anilines is 1. The molecule has 28 heavy (non-hydrogen) atoms. The van der Waals surface area contributed by atoms with Gasteiger partial charge in [0, 0.05) is 5.69 Å². The standard InChI is InChI=1S/C22H19NO5/c1-26-18-7-5-6-15(14-18)22(25)28-17-12-10-16(11-13-17)23-21(24)19-8-3-4-9-20(19)27-2/h3-14H,1-2H3,(H,23,24). The van der Waals surface area contributed by atoms with Crippen LogP contribution in [0.4, 0.5) is 5.69 Å². The van der Waals surface area contributed by atoms with Gasteiger partial charge in [0.15, 0.2) is 0 Å². The van der Waals surface area contributed by atoms with E-state index in [2.05, 4.69) is 5.32 Å². The molecule has 0 spiro atoms. The van der Waals surface area contributed by atoms with Gasteiger partial charge in [0.25, 0.3) is 5.91 Å². The van der Waals surface area contributed by atoms with E-state index in [4.69, 9.17) is 14.2 Å². The van der Waals surface area contributed by atoms with Crippen molar-refractivity contribution < 1.29 is 23.8 Å². The number of ether oxygens (including phenoxy) is 3. The van der Waals surface area contributed by atoms with Gasteiger partial charge >= 0.3 is 5.97 Å². The number of nitrogens with one attached hydrogen (secondary N) is 1. The Kier molecular flexibility index (Phi) is 5.91. The third-order valence-electron chi connectivity index (χ3n) is 3.98. The molecule has 0 saturated heterocycles. The molecule has 0 saturated carbocycles. The van der Waals surface area contributed by atoms with E-state index in [0.29, 0.717) is 34.1 Å². The molecule has 3 aromatic carbocycles. The Bertz CT molecular complexity index is 982. The molecule has 0 radical (unpaired) electrons. The Morgan fingerprint density at radius 1 is 0.786 bits per heavy atom. The van der Waals surface area contributed by atoms with E-state index >= 15 is 0 Å². The lowest BCUT2D eigenvalue weighted by Crippen LogP contribution is -2.13. The lowest BCUT2D eigenvalue weighted by Gasteiger charge is -2.10. The first-order valence-corrected chi connectivity index (χ1v) is 8.51. The van der Waals surface area contributed by atoms with E-state index in [1.165, 1.54) is 14.2 Å². The molecule has 1 amide bonds. The van der Waals surface area contributed by atoms with Crippen molar-refractivity contribution in [2.24, 2.45) is 0 Å². The average Bonchev–Trinajstić information content (AvgIpc) is 2.75. The van der Waals surface area contributed by atoms with Crippen LogP contribution >= 0.6 is 0 Å². The second-order valence-corrected chi connectivity index (χ2v) is 5.80. The molecule has 1 N–H and O–H groups in total. The molecule has 3 aromatic rings. The smallest absolute Gasteiger partial charge is 0.343 e. The van der Waals surface area contributed by atoms with Gasteiger partial charge in [-0.1, -0.05) is 18.2 Å². The molecule has 142 valence electrons. The van der Waals surface area contributed by atoms with E-state index in [0.717, 1.165) is 0 Å². The Morgan fingerprint density at radius 3 is 2.25 bits per heavy atom. The summed E-state index contributed by atoms with van der Waals surface area (Å²) in [5.41, 5.74) is 1.38. The molecule has 3 rings (SSSR count). The fraction of sp³-hybridized carbons (Fsp3) is 0.0909. The van der Waals surface area contributed by atoms with Crippen LogP contribution in [0.2, 0.25) is 0 Å². The number of rotatable bonds is 6. The zero-order valence-corrected chi connectivity index (χ0v) is 15.5. The summed E-state index contributed by atoms with van der Waals surface area (Å²) in [7, 11) is 3.04. The third kappa shape index (κ3) is 4.48. The van der Waals surface area contributed by atoms with Gasteiger partial charge in [0.1, 0.15) is 17.2 Å². The van der Waals surface area contributed by atoms with Crippen molar-refractivity contribution in [1.82, 2.24) is 0 Å². The van der Waals surface area contributed by atoms with Gasteiger partial charge in [-0.05, 0) is 54.6 Å². The Labute approximate surface area is 162 Å². The van der Waals surface area contributed by atoms with Gasteiger partial charge in [-0.15, -0.1) is 0 Å². The number of esters is 1. The number of carbonyl (C=O) groups excluding carboxylic acids is 2. The number of benzene rings is 3. The van der Waals surface area contributed by atoms with Crippen molar-refractivity contribution in [3.05, 3.63) is 83.9 Å². The van der Waals surface area contributed by atoms with Crippen LogP contribution in [0.15, 0.2) is 72.8 Å². The van der Waals surface area contributed by atoms with E-state index in [1.54, 1.807) is 72.8 Å². The maximum Gasteiger partial charge on any atom is 0.343 e. The molecule has 0 fully saturated rings. The highest BCUT2D eigenvalue weighted by Crippen LogP contribution is 2.22. The molecular formula is C22H19NO5. The van der Waals surface area contributed by atoms with Gasteiger partial charge in [-0.25, -0.2) is 4.79 Å². The van der Waals surface area contributed by atoms with Crippen molar-refractivity contribution >= 4 is 17.6 Å². The normalized spacial score (nSPS) is 10.1. The molecular weight excluding hydrogens is 358 g/mol. The molecule has 0 atom stereocenters. The van der Waals surface area contributed by atoms with Gasteiger partial charge < -0.3 is 19.5 Å². The van der Waals surface area contributed by atoms with E-state index in [1.807, 2.05) is 0 Å². The van der Waals surface area contributed by atoms with Gasteiger partial charge in [-0.3, -0.25) is 4.79 Å². The lowest BCUT2D eigenvalue weighted by atomic mass is 10.2. The van der Waals surface area contributed by atoms with Crippen LogP contribution in [-0.2, 0) is 0 Å². The van der Waals surface area contributed by atoms with Crippen molar-refractivity contribution in [2.75, 3.05) is 19.5 Å². The van der Waals surface area contributed by atoms with Crippen LogP contribution in [-0.4, -0.2) is 26.1 Å². The highest BCUT2D eigenvalue weighted by molar-refractivity contribution is 6.06. The number of carbonyl (C=O) groups is 2. The van der Waals surface area contributed by atoms with Gasteiger partial charge in [-0.2, -0.15) is 0 Å². The fourth-order valence-corrected chi connectivity index (χ4v) is 2.55. The predicted octanol–water partition coefficient (Wildman–Crippen LogP) is 4.18. The van der Waals surface area contributed by atoms with E-state index in [9.17, 15) is 9.59 Å². The molecule has 0 heterocycles. The van der Waals surface area contributed by atoms with Crippen LogP contribution in [0.1, 0.15) is 20.7 Å². The van der Waals surface area contributed by atoms with Crippen LogP contribution in [0.3, 0.4) is 0 Å². The van der Waals surface area contributed by atoms with Crippen molar-refractivity contribution in [2.45, 2.75) is 0 Å². The number of hydrogen-bond acceptors (Lipinski definition) is 5. The SMILES string of the molecule is COc1cccc(C(=O)Oc2ccc(NC(=O)c3ccccc3OC)cc2)c1. The lowest BCUT2D eigenvalue weighted by molar-refractivity contribution is 0.0734. The molecule has 0 aliphatic rings. The van der Waals surface area contributed by atoms with Gasteiger partial charge in [0.2, 0.25) is 0 Å². The molecule has 0 aliphatic carbocycles. The molecule has 0 aromatic heterocycles. The first-order valence-electron chi connectivity index (χ1n) is 8.51. The summed E-state index contributed by atoms with van der Waals surface area (Å²) in [6.07, 6.45) is 0. The number of para-hydroxylation sites is 1. The second-order valence-electron chi connectivity index (χ2n) is 5.80. The Balaban J connectivity index is 1.66. The topological polar surface area (TPSA) is 73.9 Å². The summed E-state index contributed by atoms with van der Waals surface area (Å²) in [6.45, 7) is 0. The van der Waals surface area contributed by atoms with Crippen molar-refractivity contribution in [3.63, 3.8) is 0 Å². The zero-order chi connectivity index (χ0) is 19.9. The highest BCUT2D eigenvalue weighted by atomic mass is 16.5. The Morgan fingerprint density at radius 2 is 1.54 bits per heavy atom. The zero-order valence-electron chi connectivity index (χ0n) is 15.5. The van der Waals surface area contributed by atoms with Crippen LogP contribution in [0, 0.1) is 0 Å². The molecule has 0 aliphatic heterocycles. The summed E-state index contributed by atoms with van der Waals surface area (Å²) < 4.78 is 15.7. The maximum absolute atomic E-state index is 12.4. The maximum atomic E-state index is 12.4.